The van der Waals surface area contributed by atoms with E-state index in [1.807, 2.05) is 0 Å². The van der Waals surface area contributed by atoms with Crippen molar-refractivity contribution in [1.29, 1.82) is 0 Å². The summed E-state index contributed by atoms with van der Waals surface area (Å²) in [4.78, 5) is 26.7. The highest BCUT2D eigenvalue weighted by atomic mass is 32.1. The monoisotopic (exact) mass is 437 g/mol. The summed E-state index contributed by atoms with van der Waals surface area (Å²) in [7, 11) is 0. The molecule has 2 N–H and O–H groups in total. The molecule has 0 saturated carbocycles. The van der Waals surface area contributed by atoms with Crippen LogP contribution in [0.5, 0.6) is 0 Å². The summed E-state index contributed by atoms with van der Waals surface area (Å²) in [6.45, 7) is 1.80. The van der Waals surface area contributed by atoms with Crippen LogP contribution in [0.2, 0.25) is 0 Å². The number of anilines is 1. The zero-order valence-corrected chi connectivity index (χ0v) is 16.9. The maximum absolute atomic E-state index is 13.3. The van der Waals surface area contributed by atoms with E-state index in [0.29, 0.717) is 18.1 Å². The second-order valence-corrected chi connectivity index (χ2v) is 8.21. The molecule has 1 aromatic heterocycles. The summed E-state index contributed by atoms with van der Waals surface area (Å²) < 4.78 is 31.9. The van der Waals surface area contributed by atoms with E-state index in [9.17, 15) is 18.4 Å². The van der Waals surface area contributed by atoms with Gasteiger partial charge in [0.1, 0.15) is 5.01 Å². The molecule has 2 aromatic rings. The van der Waals surface area contributed by atoms with Gasteiger partial charge in [-0.15, -0.1) is 10.2 Å². The summed E-state index contributed by atoms with van der Waals surface area (Å²) in [6.07, 6.45) is 3.56. The van der Waals surface area contributed by atoms with Gasteiger partial charge in [-0.25, -0.2) is 13.6 Å². The van der Waals surface area contributed by atoms with Crippen LogP contribution >= 0.6 is 11.3 Å². The second-order valence-electron chi connectivity index (χ2n) is 7.20. The lowest BCUT2D eigenvalue weighted by Gasteiger charge is -2.23. The Kier molecular flexibility index (Phi) is 6.18. The van der Waals surface area contributed by atoms with Crippen molar-refractivity contribution in [3.63, 3.8) is 0 Å². The summed E-state index contributed by atoms with van der Waals surface area (Å²) >= 11 is 1.08. The van der Waals surface area contributed by atoms with E-state index in [2.05, 4.69) is 20.8 Å². The molecule has 3 amide bonds. The van der Waals surface area contributed by atoms with Crippen molar-refractivity contribution < 1.29 is 23.1 Å². The second kappa shape index (κ2) is 9.00. The first-order chi connectivity index (χ1) is 14.5. The third-order valence-corrected chi connectivity index (χ3v) is 6.14. The van der Waals surface area contributed by atoms with E-state index >= 15 is 0 Å². The average molecular weight is 437 g/mol. The fourth-order valence-electron chi connectivity index (χ4n) is 3.59. The number of rotatable bonds is 5. The van der Waals surface area contributed by atoms with Crippen molar-refractivity contribution in [3.8, 4) is 0 Å². The lowest BCUT2D eigenvalue weighted by Crippen LogP contribution is -2.42. The molecule has 2 atom stereocenters. The van der Waals surface area contributed by atoms with Crippen LogP contribution in [-0.2, 0) is 4.74 Å². The van der Waals surface area contributed by atoms with Crippen molar-refractivity contribution in [2.45, 2.75) is 37.8 Å². The van der Waals surface area contributed by atoms with Crippen molar-refractivity contribution in [3.05, 3.63) is 39.8 Å². The molecule has 11 heteroatoms. The largest absolute Gasteiger partial charge is 0.376 e. The van der Waals surface area contributed by atoms with E-state index in [1.165, 1.54) is 6.07 Å². The lowest BCUT2D eigenvalue weighted by molar-refractivity contribution is 0.102. The minimum Gasteiger partial charge on any atom is -0.376 e. The number of carbonyl (C=O) groups excluding carboxylic acids is 2. The highest BCUT2D eigenvalue weighted by Gasteiger charge is 2.33. The third-order valence-electron chi connectivity index (χ3n) is 5.12. The molecule has 0 radical (unpaired) electrons. The highest BCUT2D eigenvalue weighted by molar-refractivity contribution is 7.13. The van der Waals surface area contributed by atoms with Crippen molar-refractivity contribution in [2.75, 3.05) is 25.0 Å². The maximum atomic E-state index is 13.3. The minimum absolute atomic E-state index is 0.0585. The number of amides is 3. The molecule has 2 aliphatic heterocycles. The fraction of sp³-hybridized carbons (Fsp3) is 0.474. The predicted molar refractivity (Wildman–Crippen MR) is 105 cm³/mol. The number of urea groups is 1. The topological polar surface area (TPSA) is 96.5 Å². The van der Waals surface area contributed by atoms with E-state index < -0.39 is 17.5 Å². The molecule has 3 heterocycles. The Balaban J connectivity index is 1.38. The number of hydrogen-bond acceptors (Lipinski definition) is 6. The van der Waals surface area contributed by atoms with Gasteiger partial charge in [0.2, 0.25) is 5.01 Å². The summed E-state index contributed by atoms with van der Waals surface area (Å²) in [5.41, 5.74) is 0.117. The van der Waals surface area contributed by atoms with Crippen molar-refractivity contribution in [2.24, 2.45) is 0 Å². The van der Waals surface area contributed by atoms with Gasteiger partial charge in [0.05, 0.1) is 12.1 Å². The Morgan fingerprint density at radius 2 is 2.07 bits per heavy atom. The zero-order valence-electron chi connectivity index (χ0n) is 16.1. The number of aromatic nitrogens is 2. The molecule has 2 aliphatic rings. The summed E-state index contributed by atoms with van der Waals surface area (Å²) in [6, 6.07) is 2.65. The number of hydrogen-bond donors (Lipinski definition) is 2. The van der Waals surface area contributed by atoms with Gasteiger partial charge in [-0.3, -0.25) is 4.79 Å². The molecular formula is C19H21F2N5O3S. The third kappa shape index (κ3) is 4.57. The van der Waals surface area contributed by atoms with Crippen molar-refractivity contribution in [1.82, 2.24) is 20.4 Å². The molecule has 0 aliphatic carbocycles. The van der Waals surface area contributed by atoms with Crippen molar-refractivity contribution >= 4 is 29.0 Å². The van der Waals surface area contributed by atoms with Crippen LogP contribution < -0.4 is 10.6 Å². The number of benzene rings is 1. The van der Waals surface area contributed by atoms with Crippen LogP contribution in [0.25, 0.3) is 0 Å². The Bertz CT molecular complexity index is 935. The molecule has 2 fully saturated rings. The first-order valence-corrected chi connectivity index (χ1v) is 10.6. The molecule has 0 spiro atoms. The highest BCUT2D eigenvalue weighted by Crippen LogP contribution is 2.33. The predicted octanol–water partition coefficient (Wildman–Crippen LogP) is 3.09. The van der Waals surface area contributed by atoms with Crippen LogP contribution in [0.1, 0.15) is 46.5 Å². The smallest absolute Gasteiger partial charge is 0.318 e. The first kappa shape index (κ1) is 20.6. The number of likely N-dealkylation sites (tertiary alicyclic amines) is 1. The first-order valence-electron chi connectivity index (χ1n) is 9.77. The molecular weight excluding hydrogens is 416 g/mol. The van der Waals surface area contributed by atoms with Crippen LogP contribution in [-0.4, -0.2) is 52.8 Å². The standard InChI is InChI=1S/C19H21F2N5O3S/c20-13-6-5-11(9-14(13)21)23-16(27)18-25-24-17(30-18)15-4-1-7-26(15)19(28)22-10-12-3-2-8-29-12/h5-6,9,12,15H,1-4,7-8,10H2,(H,22,28)(H,23,27)/t12-,15-/m0/s1. The Labute approximate surface area is 175 Å². The van der Waals surface area contributed by atoms with Crippen LogP contribution in [0, 0.1) is 11.6 Å². The van der Waals surface area contributed by atoms with Gasteiger partial charge >= 0.3 is 6.03 Å². The van der Waals surface area contributed by atoms with E-state index in [-0.39, 0.29) is 28.9 Å². The summed E-state index contributed by atoms with van der Waals surface area (Å²) in [5, 5.41) is 14.0. The van der Waals surface area contributed by atoms with Crippen LogP contribution in [0.4, 0.5) is 19.3 Å². The molecule has 160 valence electrons. The SMILES string of the molecule is O=C(Nc1ccc(F)c(F)c1)c1nnc([C@@H]2CCCN2C(=O)NC[C@@H]2CCCO2)s1. The molecule has 4 rings (SSSR count). The molecule has 0 bridgehead atoms. The average Bonchev–Trinajstić information content (AvgIpc) is 3.49. The van der Waals surface area contributed by atoms with Crippen LogP contribution in [0.3, 0.4) is 0 Å². The molecule has 1 aromatic carbocycles. The maximum Gasteiger partial charge on any atom is 0.318 e. The number of nitrogens with zero attached hydrogens (tertiary/aromatic N) is 3. The Morgan fingerprint density at radius 3 is 2.83 bits per heavy atom. The Hall–Kier alpha value is -2.66. The quantitative estimate of drug-likeness (QED) is 0.749. The zero-order chi connectivity index (χ0) is 21.1. The van der Waals surface area contributed by atoms with Crippen LogP contribution in [0.15, 0.2) is 18.2 Å². The van der Waals surface area contributed by atoms with Gasteiger partial charge < -0.3 is 20.3 Å². The van der Waals surface area contributed by atoms with Gasteiger partial charge in [0.25, 0.3) is 5.91 Å². The number of ether oxygens (including phenoxy) is 1. The fourth-order valence-corrected chi connectivity index (χ4v) is 4.48. The lowest BCUT2D eigenvalue weighted by atomic mass is 10.2. The van der Waals surface area contributed by atoms with Gasteiger partial charge in [-0.1, -0.05) is 11.3 Å². The number of halogens is 2. The van der Waals surface area contributed by atoms with Gasteiger partial charge in [-0.05, 0) is 37.8 Å². The summed E-state index contributed by atoms with van der Waals surface area (Å²) in [5.74, 6) is -2.62. The molecule has 2 saturated heterocycles. The number of nitrogens with one attached hydrogen (secondary N) is 2. The van der Waals surface area contributed by atoms with Gasteiger partial charge in [-0.2, -0.15) is 0 Å². The normalized spacial score (nSPS) is 21.1. The molecule has 0 unspecified atom stereocenters. The van der Waals surface area contributed by atoms with Gasteiger partial charge in [0, 0.05) is 31.5 Å². The van der Waals surface area contributed by atoms with Gasteiger partial charge in [0.15, 0.2) is 11.6 Å². The minimum atomic E-state index is -1.05. The van der Waals surface area contributed by atoms with E-state index in [0.717, 1.165) is 55.8 Å². The Morgan fingerprint density at radius 1 is 1.20 bits per heavy atom. The van der Waals surface area contributed by atoms with E-state index in [1.54, 1.807) is 4.90 Å². The molecule has 8 nitrogen and oxygen atoms in total. The number of carbonyl (C=O) groups is 2. The molecule has 30 heavy (non-hydrogen) atoms. The van der Waals surface area contributed by atoms with E-state index in [4.69, 9.17) is 4.74 Å².